The number of halogens is 16. The molecule has 0 spiro atoms. The van der Waals surface area contributed by atoms with Gasteiger partial charge in [0.25, 0.3) is 17.8 Å². The third kappa shape index (κ3) is 25.1. The Morgan fingerprint density at radius 1 is 0.328 bits per heavy atom. The molecule has 24 nitrogen and oxygen atoms in total. The second-order valence-electron chi connectivity index (χ2n) is 32.2. The highest BCUT2D eigenvalue weighted by atomic mass is 35.5. The van der Waals surface area contributed by atoms with Crippen LogP contribution >= 0.6 is 116 Å². The number of aromatic hydroxyl groups is 10. The smallest absolute Gasteiger partial charge is 0.286 e. The molecule has 5 aliphatic heterocycles. The largest absolute Gasteiger partial charge is 0.503 e. The van der Waals surface area contributed by atoms with Crippen LogP contribution in [0.4, 0.5) is 26.3 Å². The number of benzene rings is 6. The van der Waals surface area contributed by atoms with Crippen LogP contribution in [-0.2, 0) is 107 Å². The van der Waals surface area contributed by atoms with Crippen molar-refractivity contribution >= 4 is 175 Å². The number of hydrogen-bond acceptors (Lipinski definition) is 19. The number of aromatic nitrogens is 4. The first kappa shape index (κ1) is 107. The fourth-order valence-electron chi connectivity index (χ4n) is 14.8. The van der Waals surface area contributed by atoms with Crippen molar-refractivity contribution in [1.82, 2.24) is 44.4 Å². The number of rotatable bonds is 13. The Labute approximate surface area is 833 Å². The lowest BCUT2D eigenvalue weighted by molar-refractivity contribution is -0.127. The van der Waals surface area contributed by atoms with Crippen LogP contribution in [0.1, 0.15) is 153 Å². The lowest BCUT2D eigenvalue weighted by Gasteiger charge is -2.30. The van der Waals surface area contributed by atoms with Gasteiger partial charge >= 0.3 is 0 Å². The van der Waals surface area contributed by atoms with Crippen LogP contribution in [0.2, 0.25) is 50.2 Å². The van der Waals surface area contributed by atoms with Crippen LogP contribution in [0.15, 0.2) is 122 Å². The van der Waals surface area contributed by atoms with E-state index in [-0.39, 0.29) is 137 Å². The Kier molecular flexibility index (Phi) is 35.3. The predicted octanol–water partition coefficient (Wildman–Crippen LogP) is 22.9. The number of carbonyl (C=O) groups excluding carboxylic acids is 5. The molecule has 9 heterocycles. The van der Waals surface area contributed by atoms with Gasteiger partial charge in [-0.25, -0.2) is 0 Å². The van der Waals surface area contributed by atoms with Crippen molar-refractivity contribution in [3.63, 3.8) is 0 Å². The van der Waals surface area contributed by atoms with Gasteiger partial charge < -0.3 is 75.6 Å². The molecule has 724 valence electrons. The number of hydrogen-bond donors (Lipinski definition) is 10. The molecule has 137 heavy (non-hydrogen) atoms. The highest BCUT2D eigenvalue weighted by Crippen LogP contribution is 2.52. The Balaban J connectivity index is 0.000000177. The summed E-state index contributed by atoms with van der Waals surface area (Å²) in [6.07, 6.45) is 19.7. The molecule has 5 aliphatic rings. The molecule has 0 radical (unpaired) electrons. The first-order valence-electron chi connectivity index (χ1n) is 41.3. The summed E-state index contributed by atoms with van der Waals surface area (Å²) >= 11 is 60.9. The summed E-state index contributed by atoms with van der Waals surface area (Å²) in [5, 5.41) is 98.5. The summed E-state index contributed by atoms with van der Waals surface area (Å²) in [5.41, 5.74) is 11.1. The Morgan fingerprint density at radius 3 is 0.912 bits per heavy atom. The van der Waals surface area contributed by atoms with Crippen molar-refractivity contribution < 1.29 is 101 Å². The SMILES string of the molecule is C.C/C(=C\C(=O)N1CCc2c(Cl)c(O)c(O)c(Cl)c2C1)c1ccc(C(C)(F)F)nc1.CC(F)(F)c1ccc(/C=C/C(=O)N2CCc3c(Cl)c(O)c(O)c(Cl)c3C2)cn1.Cc1ccc(/C=C/C(=O)N2CCc3c(Cl)c(O)c(O)c(Cl)c3C2)cc1.Cc1ccc(/C=C/C(=O)N2CCc3c(Cl)c(O)c(O)c(Cl)c3C2)nc1.Cc1nc(C(C)(F)F)ccc1/C=C/C(=O)N1CCc2c(Cl)c(O)c(O)c(Cl)c2C1. The summed E-state index contributed by atoms with van der Waals surface area (Å²) in [5.74, 6) is -15.1. The second-order valence-corrected chi connectivity index (χ2v) is 36.0. The summed E-state index contributed by atoms with van der Waals surface area (Å²) in [4.78, 5) is 85.9. The van der Waals surface area contributed by atoms with Gasteiger partial charge in [0.05, 0.1) is 55.9 Å². The van der Waals surface area contributed by atoms with Gasteiger partial charge in [-0.15, -0.1) is 0 Å². The third-order valence-electron chi connectivity index (χ3n) is 22.6. The zero-order valence-electron chi connectivity index (χ0n) is 73.0. The number of amides is 5. The van der Waals surface area contributed by atoms with E-state index in [0.29, 0.717) is 154 Å². The Bertz CT molecular complexity index is 6360. The van der Waals surface area contributed by atoms with E-state index in [1.54, 1.807) is 42.0 Å². The van der Waals surface area contributed by atoms with E-state index in [1.165, 1.54) is 106 Å². The van der Waals surface area contributed by atoms with Gasteiger partial charge in [0.2, 0.25) is 29.5 Å². The van der Waals surface area contributed by atoms with Gasteiger partial charge in [-0.2, -0.15) is 26.3 Å². The van der Waals surface area contributed by atoms with E-state index in [9.17, 15) is 101 Å². The Morgan fingerprint density at radius 2 is 0.613 bits per heavy atom. The van der Waals surface area contributed by atoms with E-state index >= 15 is 0 Å². The molecule has 0 atom stereocenters. The molecule has 0 saturated heterocycles. The van der Waals surface area contributed by atoms with Gasteiger partial charge in [-0.05, 0) is 197 Å². The molecule has 40 heteroatoms. The van der Waals surface area contributed by atoms with Crippen LogP contribution < -0.4 is 0 Å². The zero-order chi connectivity index (χ0) is 99.9. The van der Waals surface area contributed by atoms with Crippen LogP contribution in [0.25, 0.3) is 29.9 Å². The maximum atomic E-state index is 13.4. The van der Waals surface area contributed by atoms with Gasteiger partial charge in [-0.3, -0.25) is 43.9 Å². The van der Waals surface area contributed by atoms with Gasteiger partial charge in [0.15, 0.2) is 57.5 Å². The van der Waals surface area contributed by atoms with E-state index in [2.05, 4.69) is 19.9 Å². The highest BCUT2D eigenvalue weighted by Gasteiger charge is 2.36. The molecule has 4 aromatic heterocycles. The fourth-order valence-corrected chi connectivity index (χ4v) is 17.6. The number of pyridine rings is 4. The summed E-state index contributed by atoms with van der Waals surface area (Å²) < 4.78 is 79.7. The minimum Gasteiger partial charge on any atom is -0.503 e. The number of carbonyl (C=O) groups is 5. The lowest BCUT2D eigenvalue weighted by atomic mass is 9.98. The van der Waals surface area contributed by atoms with Crippen molar-refractivity contribution in [3.8, 4) is 57.5 Å². The third-order valence-corrected chi connectivity index (χ3v) is 26.7. The van der Waals surface area contributed by atoms with Gasteiger partial charge in [0, 0.05) is 141 Å². The molecule has 0 unspecified atom stereocenters. The first-order valence-corrected chi connectivity index (χ1v) is 45.1. The molecule has 0 saturated carbocycles. The molecule has 0 aliphatic carbocycles. The number of phenols is 10. The van der Waals surface area contributed by atoms with Gasteiger partial charge in [-0.1, -0.05) is 178 Å². The van der Waals surface area contributed by atoms with E-state index < -0.39 is 75.3 Å². The number of allylic oxidation sites excluding steroid dienone is 1. The topological polar surface area (TPSA) is 355 Å². The summed E-state index contributed by atoms with van der Waals surface area (Å²) in [7, 11) is 0. The average molecular weight is 2090 g/mol. The standard InChI is InChI=1S/2C20H18Cl2F2N2O3.C19H16Cl2F2N2O3.C19H17Cl2NO3.C18H16Cl2N2O3.CH4/c1-10-11(3-5-14(25-10)20(2,23)24)4-6-15(27)26-8-7-12-13(9-26)17(22)19(29)18(28)16(12)21;1-10(11-3-4-14(25-8-11)20(2,23)24)7-15(27)26-6-5-12-13(9-26)17(22)19(29)18(28)16(12)21;1-19(22,23)13-4-2-10(8-24-13)3-5-14(26)25-7-6-11-12(9-25)16(21)18(28)17(27)15(11)20;1-11-2-4-12(5-3-11)6-7-15(23)22-9-8-13-14(10-22)17(21)19(25)18(24)16(13)20;1-10-2-3-11(21-8-10)4-5-14(23)22-7-6-12-13(9-22)16(20)18(25)17(24)15(12)19;/h3-6,28-29H,7-9H2,1-2H3;3-4,7-8,28-29H,5-6,9H2,1-2H3;2-5,8,27-28H,6-7,9H2,1H3;2-7,24-25H,8-10H2,1H3;2-5,8,24-25H,6-7,9H2,1H3;1H4/b6-4+;10-7+;5-3+;7-6+;5-4+;. The fraction of sp³-hybridized carbons (Fsp3) is 0.268. The van der Waals surface area contributed by atoms with E-state index in [4.69, 9.17) is 116 Å². The molecule has 6 aromatic carbocycles. The maximum Gasteiger partial charge on any atom is 0.286 e. The lowest BCUT2D eigenvalue weighted by Crippen LogP contribution is -2.35. The number of nitrogens with zero attached hydrogens (tertiary/aromatic N) is 9. The molecule has 0 bridgehead atoms. The van der Waals surface area contributed by atoms with Crippen LogP contribution in [-0.4, -0.2) is 158 Å². The molecular formula is C97H89Cl10F6N9O15. The summed E-state index contributed by atoms with van der Waals surface area (Å²) in [6, 6.07) is 19.7. The molecule has 10 aromatic rings. The average Bonchev–Trinajstić information content (AvgIpc) is 0.787. The van der Waals surface area contributed by atoms with Crippen LogP contribution in [0.5, 0.6) is 57.5 Å². The van der Waals surface area contributed by atoms with Crippen LogP contribution in [0, 0.1) is 20.8 Å². The van der Waals surface area contributed by atoms with Crippen molar-refractivity contribution in [3.05, 3.63) is 289 Å². The minimum atomic E-state index is -3.04. The maximum absolute atomic E-state index is 13.4. The monoisotopic (exact) mass is 2080 g/mol. The van der Waals surface area contributed by atoms with E-state index in [0.717, 1.165) is 37.5 Å². The van der Waals surface area contributed by atoms with Gasteiger partial charge in [0.1, 0.15) is 17.1 Å². The highest BCUT2D eigenvalue weighted by molar-refractivity contribution is 6.40. The summed E-state index contributed by atoms with van der Waals surface area (Å²) in [6.45, 7) is 12.3. The predicted molar refractivity (Wildman–Crippen MR) is 517 cm³/mol. The van der Waals surface area contributed by atoms with Crippen LogP contribution in [0.3, 0.4) is 0 Å². The number of phenolic OH excluding ortho intramolecular Hbond substituents is 10. The minimum absolute atomic E-state index is 0. The number of fused-ring (bicyclic) bond motifs is 5. The molecule has 15 rings (SSSR count). The number of alkyl halides is 6. The first-order chi connectivity index (χ1) is 63.9. The zero-order valence-corrected chi connectivity index (χ0v) is 80.6. The van der Waals surface area contributed by atoms with Crippen molar-refractivity contribution in [1.29, 1.82) is 0 Å². The molecule has 0 fully saturated rings. The second kappa shape index (κ2) is 44.9. The van der Waals surface area contributed by atoms with Crippen molar-refractivity contribution in [2.75, 3.05) is 32.7 Å². The molecule has 10 N–H and O–H groups in total. The normalized spacial score (nSPS) is 14.2. The molecular weight excluding hydrogens is 2000 g/mol. The number of aryl methyl sites for hydroxylation is 3. The van der Waals surface area contributed by atoms with E-state index in [1.807, 2.05) is 50.2 Å². The van der Waals surface area contributed by atoms with Crippen molar-refractivity contribution in [2.24, 2.45) is 0 Å². The molecule has 5 amide bonds. The quantitative estimate of drug-likeness (QED) is 0.0291. The Hall–Kier alpha value is -11.6. The van der Waals surface area contributed by atoms with Crippen molar-refractivity contribution in [2.45, 2.75) is 138 Å².